The van der Waals surface area contributed by atoms with E-state index in [-0.39, 0.29) is 6.42 Å². The van der Waals surface area contributed by atoms with Crippen LogP contribution in [-0.2, 0) is 19.1 Å². The van der Waals surface area contributed by atoms with Crippen LogP contribution in [0.5, 0.6) is 0 Å². The molecule has 90 valence electrons. The molecule has 3 aliphatic carbocycles. The number of ketones is 1. The van der Waals surface area contributed by atoms with Gasteiger partial charge in [0.15, 0.2) is 11.4 Å². The second kappa shape index (κ2) is 2.95. The first-order valence-corrected chi connectivity index (χ1v) is 5.33. The van der Waals surface area contributed by atoms with Crippen LogP contribution in [0.1, 0.15) is 6.42 Å². The van der Waals surface area contributed by atoms with Gasteiger partial charge in [-0.25, -0.2) is 0 Å². The van der Waals surface area contributed by atoms with E-state index >= 15 is 0 Å². The number of carboxylic acids is 1. The van der Waals surface area contributed by atoms with Crippen molar-refractivity contribution in [2.45, 2.75) is 18.1 Å². The predicted molar refractivity (Wildman–Crippen MR) is 51.7 cm³/mol. The van der Waals surface area contributed by atoms with E-state index in [9.17, 15) is 19.5 Å². The zero-order valence-corrected chi connectivity index (χ0v) is 8.70. The number of aliphatic carboxylic acids is 1. The van der Waals surface area contributed by atoms with Crippen LogP contribution in [0.2, 0.25) is 0 Å². The van der Waals surface area contributed by atoms with Gasteiger partial charge in [-0.05, 0) is 6.08 Å². The smallest absolute Gasteiger partial charge is 0.311 e. The minimum absolute atomic E-state index is 0.125. The number of hydrogen-bond donors (Lipinski definition) is 2. The molecule has 1 saturated heterocycles. The standard InChI is InChI=1S/C11H10O6/c12-6-3-5-4-1-2-11(6,16)8(9(13)14)7(4)10(15)17-5/h1-2,4-5,7-8,16H,3H2,(H,13,14). The molecule has 1 aliphatic heterocycles. The van der Waals surface area contributed by atoms with Crippen molar-refractivity contribution in [2.24, 2.45) is 17.8 Å². The Hall–Kier alpha value is -1.69. The van der Waals surface area contributed by atoms with Crippen molar-refractivity contribution in [3.63, 3.8) is 0 Å². The van der Waals surface area contributed by atoms with Crippen molar-refractivity contribution in [1.29, 1.82) is 0 Å². The molecule has 4 bridgehead atoms. The lowest BCUT2D eigenvalue weighted by Crippen LogP contribution is -2.53. The molecule has 1 saturated carbocycles. The lowest BCUT2D eigenvalue weighted by molar-refractivity contribution is -0.168. The second-order valence-corrected chi connectivity index (χ2v) is 4.71. The normalized spacial score (nSPS) is 46.9. The first-order valence-electron chi connectivity index (χ1n) is 5.33. The van der Waals surface area contributed by atoms with Crippen molar-refractivity contribution < 1.29 is 29.3 Å². The van der Waals surface area contributed by atoms with Crippen LogP contribution in [-0.4, -0.2) is 39.6 Å². The predicted octanol–water partition coefficient (Wildman–Crippen LogP) is -0.881. The molecule has 6 heteroatoms. The van der Waals surface area contributed by atoms with Crippen molar-refractivity contribution in [3.8, 4) is 0 Å². The molecule has 4 rings (SSSR count). The molecule has 4 aliphatic rings. The van der Waals surface area contributed by atoms with Gasteiger partial charge in [-0.3, -0.25) is 14.4 Å². The lowest BCUT2D eigenvalue weighted by atomic mass is 9.69. The average molecular weight is 238 g/mol. The molecule has 2 fully saturated rings. The van der Waals surface area contributed by atoms with Crippen LogP contribution in [0, 0.1) is 17.8 Å². The molecular weight excluding hydrogens is 228 g/mol. The molecule has 0 amide bonds. The molecule has 0 radical (unpaired) electrons. The second-order valence-electron chi connectivity index (χ2n) is 4.71. The lowest BCUT2D eigenvalue weighted by Gasteiger charge is -2.34. The molecule has 0 spiro atoms. The van der Waals surface area contributed by atoms with E-state index in [0.29, 0.717) is 0 Å². The van der Waals surface area contributed by atoms with Gasteiger partial charge >= 0.3 is 11.9 Å². The van der Waals surface area contributed by atoms with E-state index in [2.05, 4.69) is 0 Å². The van der Waals surface area contributed by atoms with Gasteiger partial charge < -0.3 is 14.9 Å². The maximum Gasteiger partial charge on any atom is 0.311 e. The fourth-order valence-corrected chi connectivity index (χ4v) is 3.06. The third kappa shape index (κ3) is 1.10. The maximum atomic E-state index is 11.8. The van der Waals surface area contributed by atoms with E-state index in [1.807, 2.05) is 0 Å². The van der Waals surface area contributed by atoms with E-state index in [1.165, 1.54) is 12.2 Å². The number of Topliss-reactive ketones (excluding diaryl/α,β-unsaturated/α-hetero) is 1. The van der Waals surface area contributed by atoms with Gasteiger partial charge in [-0.1, -0.05) is 6.08 Å². The minimum Gasteiger partial charge on any atom is -0.481 e. The average Bonchev–Trinajstić information content (AvgIpc) is 2.44. The highest BCUT2D eigenvalue weighted by atomic mass is 16.6. The molecule has 6 nitrogen and oxygen atoms in total. The summed E-state index contributed by atoms with van der Waals surface area (Å²) >= 11 is 0. The van der Waals surface area contributed by atoms with Gasteiger partial charge in [-0.15, -0.1) is 0 Å². The Morgan fingerprint density at radius 3 is 2.82 bits per heavy atom. The highest BCUT2D eigenvalue weighted by molar-refractivity contribution is 5.99. The van der Waals surface area contributed by atoms with E-state index < -0.39 is 47.2 Å². The molecule has 5 atom stereocenters. The number of hydrogen-bond acceptors (Lipinski definition) is 5. The Morgan fingerprint density at radius 2 is 2.18 bits per heavy atom. The van der Waals surface area contributed by atoms with Gasteiger partial charge in [0.2, 0.25) is 0 Å². The van der Waals surface area contributed by atoms with E-state index in [1.54, 1.807) is 0 Å². The quantitative estimate of drug-likeness (QED) is 0.454. The number of rotatable bonds is 1. The van der Waals surface area contributed by atoms with Gasteiger partial charge in [0, 0.05) is 12.3 Å². The molecule has 5 unspecified atom stereocenters. The molecular formula is C11H10O6. The molecule has 0 aromatic rings. The third-order valence-electron chi connectivity index (χ3n) is 3.89. The number of esters is 1. The molecule has 17 heavy (non-hydrogen) atoms. The van der Waals surface area contributed by atoms with Crippen molar-refractivity contribution in [2.75, 3.05) is 0 Å². The van der Waals surface area contributed by atoms with Crippen LogP contribution in [0.4, 0.5) is 0 Å². The van der Waals surface area contributed by atoms with Gasteiger partial charge in [0.25, 0.3) is 0 Å². The van der Waals surface area contributed by atoms with E-state index in [0.717, 1.165) is 0 Å². The van der Waals surface area contributed by atoms with Crippen LogP contribution in [0.3, 0.4) is 0 Å². The summed E-state index contributed by atoms with van der Waals surface area (Å²) in [5.74, 6) is -5.40. The number of carbonyl (C=O) groups excluding carboxylic acids is 2. The monoisotopic (exact) mass is 238 g/mol. The fourth-order valence-electron chi connectivity index (χ4n) is 3.06. The first-order chi connectivity index (χ1) is 7.95. The van der Waals surface area contributed by atoms with Crippen LogP contribution >= 0.6 is 0 Å². The van der Waals surface area contributed by atoms with Crippen molar-refractivity contribution >= 4 is 17.7 Å². The number of ether oxygens (including phenoxy) is 1. The SMILES string of the molecule is O=C1OC2CC(=O)C3(O)C=CC2C1C3C(=O)O. The topological polar surface area (TPSA) is 101 Å². The number of fused-ring (bicyclic) bond motifs is 1. The number of carboxylic acid groups (broad SMARTS) is 1. The summed E-state index contributed by atoms with van der Waals surface area (Å²) in [5, 5.41) is 19.4. The third-order valence-corrected chi connectivity index (χ3v) is 3.89. The zero-order valence-electron chi connectivity index (χ0n) is 8.70. The summed E-state index contributed by atoms with van der Waals surface area (Å²) in [4.78, 5) is 34.7. The van der Waals surface area contributed by atoms with Crippen LogP contribution in [0.15, 0.2) is 12.2 Å². The Bertz CT molecular complexity index is 467. The molecule has 2 N–H and O–H groups in total. The molecule has 0 aromatic heterocycles. The highest BCUT2D eigenvalue weighted by Gasteiger charge is 2.64. The van der Waals surface area contributed by atoms with Gasteiger partial charge in [-0.2, -0.15) is 0 Å². The minimum atomic E-state index is -2.07. The summed E-state index contributed by atoms with van der Waals surface area (Å²) < 4.78 is 5.01. The van der Waals surface area contributed by atoms with E-state index in [4.69, 9.17) is 9.84 Å². The van der Waals surface area contributed by atoms with Gasteiger partial charge in [0.05, 0.1) is 5.92 Å². The summed E-state index contributed by atoms with van der Waals surface area (Å²) in [5.41, 5.74) is -2.07. The fraction of sp³-hybridized carbons (Fsp3) is 0.545. The largest absolute Gasteiger partial charge is 0.481 e. The molecule has 1 heterocycles. The number of aliphatic hydroxyl groups is 1. The zero-order chi connectivity index (χ0) is 12.4. The Balaban J connectivity index is 2.21. The van der Waals surface area contributed by atoms with Gasteiger partial charge in [0.1, 0.15) is 12.0 Å². The summed E-state index contributed by atoms with van der Waals surface area (Å²) in [6.45, 7) is 0. The maximum absolute atomic E-state index is 11.8. The summed E-state index contributed by atoms with van der Waals surface area (Å²) in [6.07, 6.45) is 1.98. The number of carbonyl (C=O) groups is 3. The Labute approximate surface area is 95.9 Å². The molecule has 0 aromatic carbocycles. The summed E-state index contributed by atoms with van der Waals surface area (Å²) in [6, 6.07) is 0. The van der Waals surface area contributed by atoms with Crippen molar-refractivity contribution in [3.05, 3.63) is 12.2 Å². The highest BCUT2D eigenvalue weighted by Crippen LogP contribution is 2.49. The van der Waals surface area contributed by atoms with Crippen LogP contribution < -0.4 is 0 Å². The van der Waals surface area contributed by atoms with Crippen molar-refractivity contribution in [1.82, 2.24) is 0 Å². The van der Waals surface area contributed by atoms with Crippen LogP contribution in [0.25, 0.3) is 0 Å². The summed E-state index contributed by atoms with van der Waals surface area (Å²) in [7, 11) is 0. The first kappa shape index (κ1) is 10.5. The Kier molecular flexibility index (Phi) is 1.82. The Morgan fingerprint density at radius 1 is 1.47 bits per heavy atom.